The minimum atomic E-state index is 0.0719. The van der Waals surface area contributed by atoms with Crippen LogP contribution in [0.1, 0.15) is 45.7 Å². The maximum atomic E-state index is 5.89. The van der Waals surface area contributed by atoms with E-state index >= 15 is 0 Å². The zero-order valence-electron chi connectivity index (χ0n) is 13.1. The van der Waals surface area contributed by atoms with Crippen LogP contribution < -0.4 is 4.74 Å². The molecule has 1 aliphatic carbocycles. The van der Waals surface area contributed by atoms with Crippen molar-refractivity contribution in [2.24, 2.45) is 0 Å². The lowest BCUT2D eigenvalue weighted by molar-refractivity contribution is 0.0154. The van der Waals surface area contributed by atoms with E-state index < -0.39 is 0 Å². The highest BCUT2D eigenvalue weighted by atomic mass is 127. The third-order valence-electron chi connectivity index (χ3n) is 4.92. The van der Waals surface area contributed by atoms with Gasteiger partial charge in [-0.15, -0.1) is 0 Å². The molecule has 1 saturated carbocycles. The first-order valence-electron chi connectivity index (χ1n) is 7.79. The third-order valence-corrected chi connectivity index (χ3v) is 5.66. The van der Waals surface area contributed by atoms with E-state index in [1.165, 1.54) is 0 Å². The van der Waals surface area contributed by atoms with E-state index in [2.05, 4.69) is 54.5 Å². The van der Waals surface area contributed by atoms with Gasteiger partial charge in [0.15, 0.2) is 0 Å². The fourth-order valence-electron chi connectivity index (χ4n) is 3.65. The minimum Gasteiger partial charge on any atom is -0.474 e. The minimum absolute atomic E-state index is 0.0719. The summed E-state index contributed by atoms with van der Waals surface area (Å²) in [6, 6.07) is 0. The molecule has 5 nitrogen and oxygen atoms in total. The average Bonchev–Trinajstić information content (AvgIpc) is 3.09. The molecule has 0 N–H and O–H groups in total. The molecule has 0 radical (unpaired) electrons. The van der Waals surface area contributed by atoms with Crippen LogP contribution in [0.15, 0.2) is 12.4 Å². The SMILES string of the molecule is CC[C@@H](C)Oc1nc2nc(C34COC(C)(C3)C4)cn2cc1I. The van der Waals surface area contributed by atoms with Crippen LogP contribution in [-0.2, 0) is 10.2 Å². The average molecular weight is 413 g/mol. The molecular formula is C16H20IN3O2. The molecule has 2 saturated heterocycles. The Morgan fingerprint density at radius 2 is 2.18 bits per heavy atom. The lowest BCUT2D eigenvalue weighted by Crippen LogP contribution is -2.45. The van der Waals surface area contributed by atoms with Crippen molar-refractivity contribution < 1.29 is 9.47 Å². The van der Waals surface area contributed by atoms with Crippen LogP contribution in [0.25, 0.3) is 5.78 Å². The molecule has 6 heteroatoms. The summed E-state index contributed by atoms with van der Waals surface area (Å²) in [5, 5.41) is 0. The number of aromatic nitrogens is 3. The van der Waals surface area contributed by atoms with Crippen molar-refractivity contribution in [3.05, 3.63) is 21.7 Å². The number of imidazole rings is 1. The molecule has 4 heterocycles. The summed E-state index contributed by atoms with van der Waals surface area (Å²) in [5.74, 6) is 1.39. The summed E-state index contributed by atoms with van der Waals surface area (Å²) in [7, 11) is 0. The van der Waals surface area contributed by atoms with E-state index in [-0.39, 0.29) is 17.1 Å². The van der Waals surface area contributed by atoms with Crippen LogP contribution in [0.3, 0.4) is 0 Å². The first-order chi connectivity index (χ1) is 10.4. The lowest BCUT2D eigenvalue weighted by atomic mass is 9.62. The van der Waals surface area contributed by atoms with Crippen molar-refractivity contribution in [1.82, 2.24) is 14.4 Å². The van der Waals surface area contributed by atoms with E-state index in [9.17, 15) is 0 Å². The number of fused-ring (bicyclic) bond motifs is 2. The Hall–Kier alpha value is -0.890. The molecule has 3 aliphatic rings. The molecule has 0 aromatic carbocycles. The molecule has 0 spiro atoms. The van der Waals surface area contributed by atoms with Gasteiger partial charge < -0.3 is 9.47 Å². The van der Waals surface area contributed by atoms with E-state index in [0.717, 1.165) is 35.1 Å². The van der Waals surface area contributed by atoms with Crippen LogP contribution in [0, 0.1) is 3.57 Å². The van der Waals surface area contributed by atoms with E-state index in [1.54, 1.807) is 0 Å². The second-order valence-corrected chi connectivity index (χ2v) is 8.10. The van der Waals surface area contributed by atoms with Crippen LogP contribution in [0.2, 0.25) is 0 Å². The molecule has 1 atom stereocenters. The number of hydrogen-bond acceptors (Lipinski definition) is 4. The highest BCUT2D eigenvalue weighted by molar-refractivity contribution is 14.1. The van der Waals surface area contributed by atoms with E-state index in [4.69, 9.17) is 14.5 Å². The summed E-state index contributed by atoms with van der Waals surface area (Å²) in [5.41, 5.74) is 1.28. The largest absolute Gasteiger partial charge is 0.474 e. The summed E-state index contributed by atoms with van der Waals surface area (Å²) in [6.07, 6.45) is 7.40. The van der Waals surface area contributed by atoms with Crippen molar-refractivity contribution in [3.8, 4) is 5.88 Å². The van der Waals surface area contributed by atoms with Gasteiger partial charge in [-0.1, -0.05) is 6.92 Å². The van der Waals surface area contributed by atoms with Gasteiger partial charge >= 0.3 is 0 Å². The Labute approximate surface area is 143 Å². The molecule has 3 fully saturated rings. The normalized spacial score (nSPS) is 31.3. The van der Waals surface area contributed by atoms with Gasteiger partial charge in [0.1, 0.15) is 0 Å². The first kappa shape index (κ1) is 14.7. The number of hydrogen-bond donors (Lipinski definition) is 0. The summed E-state index contributed by atoms with van der Waals surface area (Å²) >= 11 is 2.27. The van der Waals surface area contributed by atoms with Crippen LogP contribution in [0.5, 0.6) is 5.88 Å². The quantitative estimate of drug-likeness (QED) is 0.722. The molecule has 0 unspecified atom stereocenters. The summed E-state index contributed by atoms with van der Waals surface area (Å²) in [6.45, 7) is 7.13. The fourth-order valence-corrected chi connectivity index (χ4v) is 4.19. The second-order valence-electron chi connectivity index (χ2n) is 6.94. The number of nitrogens with zero attached hydrogens (tertiary/aromatic N) is 3. The van der Waals surface area contributed by atoms with Gasteiger partial charge in [-0.3, -0.25) is 4.40 Å². The van der Waals surface area contributed by atoms with Gasteiger partial charge in [-0.05, 0) is 55.7 Å². The molecule has 0 amide bonds. The van der Waals surface area contributed by atoms with Crippen molar-refractivity contribution in [2.45, 2.75) is 57.2 Å². The highest BCUT2D eigenvalue weighted by Gasteiger charge is 2.61. The van der Waals surface area contributed by atoms with Crippen LogP contribution in [-0.4, -0.2) is 32.7 Å². The van der Waals surface area contributed by atoms with Gasteiger partial charge in [0.25, 0.3) is 0 Å². The molecule has 2 aliphatic heterocycles. The molecule has 118 valence electrons. The Morgan fingerprint density at radius 3 is 2.82 bits per heavy atom. The zero-order chi connectivity index (χ0) is 15.5. The van der Waals surface area contributed by atoms with Crippen LogP contribution >= 0.6 is 22.6 Å². The van der Waals surface area contributed by atoms with Crippen molar-refractivity contribution >= 4 is 28.4 Å². The smallest absolute Gasteiger partial charge is 0.237 e. The maximum absolute atomic E-state index is 5.89. The second kappa shape index (κ2) is 4.80. The molecule has 5 rings (SSSR count). The van der Waals surface area contributed by atoms with Gasteiger partial charge in [-0.2, -0.15) is 4.98 Å². The molecular weight excluding hydrogens is 393 g/mol. The van der Waals surface area contributed by atoms with Crippen molar-refractivity contribution in [3.63, 3.8) is 0 Å². The van der Waals surface area contributed by atoms with Gasteiger partial charge in [0.05, 0.1) is 27.6 Å². The zero-order valence-corrected chi connectivity index (χ0v) is 15.3. The Morgan fingerprint density at radius 1 is 1.41 bits per heavy atom. The summed E-state index contributed by atoms with van der Waals surface area (Å²) < 4.78 is 14.8. The molecule has 2 bridgehead atoms. The topological polar surface area (TPSA) is 48.7 Å². The Kier molecular flexibility index (Phi) is 3.21. The third kappa shape index (κ3) is 2.14. The fraction of sp³-hybridized carbons (Fsp3) is 0.625. The predicted molar refractivity (Wildman–Crippen MR) is 91.4 cm³/mol. The van der Waals surface area contributed by atoms with Gasteiger partial charge in [-0.25, -0.2) is 4.98 Å². The predicted octanol–water partition coefficient (Wildman–Crippen LogP) is 3.33. The lowest BCUT2D eigenvalue weighted by Gasteiger charge is -2.41. The van der Waals surface area contributed by atoms with E-state index in [1.807, 2.05) is 10.6 Å². The van der Waals surface area contributed by atoms with Gasteiger partial charge in [0.2, 0.25) is 11.7 Å². The van der Waals surface area contributed by atoms with Crippen molar-refractivity contribution in [2.75, 3.05) is 6.61 Å². The number of halogens is 1. The molecule has 2 aromatic rings. The summed E-state index contributed by atoms with van der Waals surface area (Å²) in [4.78, 5) is 9.36. The highest BCUT2D eigenvalue weighted by Crippen LogP contribution is 2.58. The number of rotatable bonds is 4. The van der Waals surface area contributed by atoms with E-state index in [0.29, 0.717) is 11.7 Å². The maximum Gasteiger partial charge on any atom is 0.237 e. The Bertz CT molecular complexity index is 736. The van der Waals surface area contributed by atoms with Crippen LogP contribution in [0.4, 0.5) is 0 Å². The Balaban J connectivity index is 1.70. The monoisotopic (exact) mass is 413 g/mol. The standard InChI is InChI=1S/C16H20IN3O2/c1-4-10(2)22-13-11(17)5-20-6-12(18-14(20)19-13)16-7-15(3,8-16)21-9-16/h5-6,10H,4,7-9H2,1-3H3/t10-,15?,16?/m1/s1. The molecule has 2 aromatic heterocycles. The van der Waals surface area contributed by atoms with Gasteiger partial charge in [0, 0.05) is 17.8 Å². The molecule has 22 heavy (non-hydrogen) atoms. The number of ether oxygens (including phenoxy) is 2. The first-order valence-corrected chi connectivity index (χ1v) is 8.87. The van der Waals surface area contributed by atoms with Crippen molar-refractivity contribution in [1.29, 1.82) is 0 Å².